The van der Waals surface area contributed by atoms with Crippen molar-refractivity contribution in [3.8, 4) is 0 Å². The Hall–Kier alpha value is -2.42. The molecule has 6 nitrogen and oxygen atoms in total. The average Bonchev–Trinajstić information content (AvgIpc) is 2.50. The minimum Gasteiger partial charge on any atom is -0.326 e. The predicted octanol–water partition coefficient (Wildman–Crippen LogP) is 1.88. The summed E-state index contributed by atoms with van der Waals surface area (Å²) in [5.74, 6) is -2.86. The molecule has 0 saturated heterocycles. The molecule has 0 atom stereocenters. The van der Waals surface area contributed by atoms with Crippen molar-refractivity contribution >= 4 is 23.4 Å². The first-order valence-electron chi connectivity index (χ1n) is 6.59. The van der Waals surface area contributed by atoms with Gasteiger partial charge in [0.2, 0.25) is 5.91 Å². The highest BCUT2D eigenvalue weighted by molar-refractivity contribution is 7.99. The van der Waals surface area contributed by atoms with Crippen LogP contribution in [0.25, 0.3) is 0 Å². The Kier molecular flexibility index (Phi) is 5.69. The van der Waals surface area contributed by atoms with Crippen molar-refractivity contribution in [3.63, 3.8) is 0 Å². The number of H-pyrrole nitrogens is 1. The Morgan fingerprint density at radius 2 is 1.87 bits per heavy atom. The van der Waals surface area contributed by atoms with E-state index in [1.54, 1.807) is 0 Å². The fourth-order valence-corrected chi connectivity index (χ4v) is 2.28. The van der Waals surface area contributed by atoms with E-state index in [0.717, 1.165) is 16.8 Å². The fourth-order valence-electron chi connectivity index (χ4n) is 1.78. The molecule has 0 radical (unpaired) electrons. The van der Waals surface area contributed by atoms with E-state index in [1.165, 1.54) is 24.3 Å². The summed E-state index contributed by atoms with van der Waals surface area (Å²) in [5, 5.41) is 4.90. The van der Waals surface area contributed by atoms with Crippen molar-refractivity contribution in [2.75, 3.05) is 5.32 Å². The Balaban J connectivity index is 1.90. The number of carbonyl (C=O) groups is 1. The third-order valence-corrected chi connectivity index (χ3v) is 3.54. The summed E-state index contributed by atoms with van der Waals surface area (Å²) in [7, 11) is 0. The topological polar surface area (TPSA) is 84.0 Å². The van der Waals surface area contributed by atoms with Crippen molar-refractivity contribution in [2.24, 2.45) is 0 Å². The summed E-state index contributed by atoms with van der Waals surface area (Å²) in [5.41, 5.74) is -0.384. The van der Waals surface area contributed by atoms with Crippen LogP contribution in [-0.4, -0.2) is 21.4 Å². The molecule has 0 unspecified atom stereocenters. The molecule has 0 fully saturated rings. The van der Waals surface area contributed by atoms with Gasteiger partial charge in [0.25, 0.3) is 16.9 Å². The smallest absolute Gasteiger partial charge is 0.288 e. The lowest BCUT2D eigenvalue weighted by molar-refractivity contribution is -0.116. The van der Waals surface area contributed by atoms with Crippen LogP contribution in [-0.2, 0) is 11.3 Å². The van der Waals surface area contributed by atoms with Gasteiger partial charge >= 0.3 is 0 Å². The first-order valence-corrected chi connectivity index (χ1v) is 7.47. The molecule has 1 amide bonds. The number of benzene rings is 1. The summed E-state index contributed by atoms with van der Waals surface area (Å²) in [4.78, 5) is 34.8. The highest BCUT2D eigenvalue weighted by Crippen LogP contribution is 2.26. The van der Waals surface area contributed by atoms with E-state index in [1.807, 2.05) is 0 Å². The molecule has 0 aliphatic heterocycles. The molecule has 122 valence electrons. The normalized spacial score (nSPS) is 10.7. The van der Waals surface area contributed by atoms with Gasteiger partial charge in [0, 0.05) is 29.1 Å². The molecule has 2 rings (SSSR count). The number of amides is 1. The highest BCUT2D eigenvalue weighted by atomic mass is 32.2. The second kappa shape index (κ2) is 7.73. The maximum Gasteiger partial charge on any atom is 0.288 e. The van der Waals surface area contributed by atoms with Crippen LogP contribution in [0, 0.1) is 0 Å². The standard InChI is InChI=1S/C14H13F2N3O3S/c15-14(16)23-10-3-1-9(2-4-10)17-11(20)7-8-19-13(22)6-5-12(21)18-19/h1-6,14H,7-8H2,(H,17,20)(H,18,21). The first kappa shape index (κ1) is 16.9. The molecule has 0 spiro atoms. The van der Waals surface area contributed by atoms with Crippen molar-refractivity contribution in [1.29, 1.82) is 0 Å². The summed E-state index contributed by atoms with van der Waals surface area (Å²) in [6.07, 6.45) is -0.0204. The van der Waals surface area contributed by atoms with E-state index in [2.05, 4.69) is 10.4 Å². The van der Waals surface area contributed by atoms with Gasteiger partial charge in [0.05, 0.1) is 6.54 Å². The molecule has 2 N–H and O–H groups in total. The van der Waals surface area contributed by atoms with Crippen LogP contribution in [0.5, 0.6) is 0 Å². The van der Waals surface area contributed by atoms with E-state index in [-0.39, 0.29) is 18.9 Å². The van der Waals surface area contributed by atoms with Crippen molar-refractivity contribution in [3.05, 3.63) is 57.1 Å². The summed E-state index contributed by atoms with van der Waals surface area (Å²) in [6.45, 7) is 0.0278. The minimum absolute atomic E-state index is 0.0204. The van der Waals surface area contributed by atoms with Gasteiger partial charge in [-0.3, -0.25) is 19.5 Å². The molecule has 0 saturated carbocycles. The number of aromatic nitrogens is 2. The van der Waals surface area contributed by atoms with Gasteiger partial charge < -0.3 is 5.32 Å². The number of hydrogen-bond donors (Lipinski definition) is 2. The van der Waals surface area contributed by atoms with Gasteiger partial charge in [0.1, 0.15) is 0 Å². The molecular weight excluding hydrogens is 328 g/mol. The number of thioether (sulfide) groups is 1. The molecule has 0 aliphatic carbocycles. The Labute approximate surface area is 133 Å². The molecule has 0 aliphatic rings. The number of halogens is 2. The largest absolute Gasteiger partial charge is 0.326 e. The van der Waals surface area contributed by atoms with Gasteiger partial charge in [-0.05, 0) is 24.3 Å². The molecule has 2 aromatic rings. The number of anilines is 1. The predicted molar refractivity (Wildman–Crippen MR) is 82.9 cm³/mol. The van der Waals surface area contributed by atoms with Gasteiger partial charge in [-0.25, -0.2) is 4.68 Å². The third-order valence-electron chi connectivity index (χ3n) is 2.81. The second-order valence-electron chi connectivity index (χ2n) is 4.50. The van der Waals surface area contributed by atoms with Crippen LogP contribution in [0.1, 0.15) is 6.42 Å². The monoisotopic (exact) mass is 341 g/mol. The van der Waals surface area contributed by atoms with Crippen LogP contribution < -0.4 is 16.4 Å². The lowest BCUT2D eigenvalue weighted by Gasteiger charge is -2.07. The molecule has 23 heavy (non-hydrogen) atoms. The van der Waals surface area contributed by atoms with Crippen LogP contribution in [0.4, 0.5) is 14.5 Å². The van der Waals surface area contributed by atoms with Gasteiger partial charge in [-0.15, -0.1) is 0 Å². The lowest BCUT2D eigenvalue weighted by atomic mass is 10.3. The average molecular weight is 341 g/mol. The number of hydrogen-bond acceptors (Lipinski definition) is 4. The van der Waals surface area contributed by atoms with Crippen molar-refractivity contribution in [1.82, 2.24) is 9.78 Å². The maximum atomic E-state index is 12.2. The number of alkyl halides is 2. The lowest BCUT2D eigenvalue weighted by Crippen LogP contribution is -2.29. The fraction of sp³-hybridized carbons (Fsp3) is 0.214. The summed E-state index contributed by atoms with van der Waals surface area (Å²) < 4.78 is 25.4. The number of carbonyl (C=O) groups excluding carboxylic acids is 1. The number of rotatable bonds is 6. The molecule has 1 heterocycles. The van der Waals surface area contributed by atoms with Gasteiger partial charge in [-0.1, -0.05) is 11.8 Å². The Bertz CT molecular complexity index is 787. The summed E-state index contributed by atoms with van der Waals surface area (Å²) in [6, 6.07) is 8.21. The second-order valence-corrected chi connectivity index (χ2v) is 5.56. The Morgan fingerprint density at radius 1 is 1.17 bits per heavy atom. The van der Waals surface area contributed by atoms with E-state index in [9.17, 15) is 23.2 Å². The van der Waals surface area contributed by atoms with Crippen LogP contribution in [0.2, 0.25) is 0 Å². The summed E-state index contributed by atoms with van der Waals surface area (Å²) >= 11 is 0.419. The van der Waals surface area contributed by atoms with Crippen LogP contribution in [0.3, 0.4) is 0 Å². The van der Waals surface area contributed by atoms with Crippen molar-refractivity contribution < 1.29 is 13.6 Å². The number of aromatic amines is 1. The first-order chi connectivity index (χ1) is 10.9. The zero-order chi connectivity index (χ0) is 16.8. The zero-order valence-electron chi connectivity index (χ0n) is 11.8. The van der Waals surface area contributed by atoms with Gasteiger partial charge in [0.15, 0.2) is 0 Å². The quantitative estimate of drug-likeness (QED) is 0.786. The highest BCUT2D eigenvalue weighted by Gasteiger charge is 2.07. The van der Waals surface area contributed by atoms with Crippen LogP contribution in [0.15, 0.2) is 50.9 Å². The minimum atomic E-state index is -2.50. The zero-order valence-corrected chi connectivity index (χ0v) is 12.6. The maximum absolute atomic E-state index is 12.2. The molecular formula is C14H13F2N3O3S. The van der Waals surface area contributed by atoms with Gasteiger partial charge in [-0.2, -0.15) is 8.78 Å². The molecule has 1 aromatic carbocycles. The van der Waals surface area contributed by atoms with E-state index in [4.69, 9.17) is 0 Å². The number of aryl methyl sites for hydroxylation is 1. The van der Waals surface area contributed by atoms with E-state index < -0.39 is 16.9 Å². The molecule has 0 bridgehead atoms. The van der Waals surface area contributed by atoms with E-state index in [0.29, 0.717) is 22.3 Å². The van der Waals surface area contributed by atoms with Crippen LogP contribution >= 0.6 is 11.8 Å². The Morgan fingerprint density at radius 3 is 2.52 bits per heavy atom. The van der Waals surface area contributed by atoms with E-state index >= 15 is 0 Å². The number of nitrogens with zero attached hydrogens (tertiary/aromatic N) is 1. The molecule has 1 aromatic heterocycles. The number of nitrogens with one attached hydrogen (secondary N) is 2. The third kappa shape index (κ3) is 5.37. The van der Waals surface area contributed by atoms with Crippen molar-refractivity contribution in [2.45, 2.75) is 23.6 Å². The SMILES string of the molecule is O=C(CCn1[nH]c(=O)ccc1=O)Nc1ccc(SC(F)F)cc1. The molecule has 9 heteroatoms.